The minimum Gasteiger partial charge on any atom is -0.455 e. The van der Waals surface area contributed by atoms with E-state index >= 15 is 0 Å². The topological polar surface area (TPSA) is 13.1 Å². The van der Waals surface area contributed by atoms with Crippen molar-refractivity contribution in [1.82, 2.24) is 0 Å². The number of benzene rings is 11. The molecular weight excluding hydrogens is 725 g/mol. The molecular formula is C59H38O. The van der Waals surface area contributed by atoms with Gasteiger partial charge in [-0.05, 0) is 122 Å². The van der Waals surface area contributed by atoms with Gasteiger partial charge in [0.05, 0.1) is 0 Å². The fourth-order valence-electron chi connectivity index (χ4n) is 11.0. The van der Waals surface area contributed by atoms with Gasteiger partial charge in [-0.3, -0.25) is 0 Å². The first-order valence-electron chi connectivity index (χ1n) is 21.0. The van der Waals surface area contributed by atoms with E-state index in [0.717, 1.165) is 16.7 Å². The Morgan fingerprint density at radius 3 is 1.50 bits per heavy atom. The molecule has 0 fully saturated rings. The van der Waals surface area contributed by atoms with Crippen LogP contribution in [0.2, 0.25) is 0 Å². The van der Waals surface area contributed by atoms with Gasteiger partial charge >= 0.3 is 0 Å². The van der Waals surface area contributed by atoms with Crippen molar-refractivity contribution in [3.05, 3.63) is 205 Å². The average Bonchev–Trinajstić information content (AvgIpc) is 3.77. The Bertz CT molecular complexity index is 3740. The average molecular weight is 763 g/mol. The summed E-state index contributed by atoms with van der Waals surface area (Å²) in [5.41, 5.74) is 14.3. The smallest absolute Gasteiger partial charge is 0.143 e. The fraction of sp³-hybridized carbons (Fsp3) is 0.0508. The molecule has 280 valence electrons. The summed E-state index contributed by atoms with van der Waals surface area (Å²) < 4.78 is 7.13. The molecule has 60 heavy (non-hydrogen) atoms. The van der Waals surface area contributed by atoms with Gasteiger partial charge in [-0.2, -0.15) is 0 Å². The van der Waals surface area contributed by atoms with E-state index in [1.807, 2.05) is 0 Å². The summed E-state index contributed by atoms with van der Waals surface area (Å²) in [6.45, 7) is 4.75. The van der Waals surface area contributed by atoms with E-state index in [2.05, 4.69) is 208 Å². The third-order valence-electron chi connectivity index (χ3n) is 13.6. The molecule has 0 saturated heterocycles. The zero-order valence-corrected chi connectivity index (χ0v) is 33.4. The summed E-state index contributed by atoms with van der Waals surface area (Å²) in [6.07, 6.45) is 0. The van der Waals surface area contributed by atoms with E-state index < -0.39 is 0 Å². The highest BCUT2D eigenvalue weighted by molar-refractivity contribution is 6.26. The van der Waals surface area contributed by atoms with Gasteiger partial charge in [0, 0.05) is 21.8 Å². The second-order valence-corrected chi connectivity index (χ2v) is 17.1. The fourth-order valence-corrected chi connectivity index (χ4v) is 11.0. The molecule has 1 aliphatic rings. The van der Waals surface area contributed by atoms with E-state index in [-0.39, 0.29) is 5.41 Å². The maximum atomic E-state index is 7.13. The predicted octanol–water partition coefficient (Wildman–Crippen LogP) is 16.7. The Kier molecular flexibility index (Phi) is 6.85. The second-order valence-electron chi connectivity index (χ2n) is 17.1. The highest BCUT2D eigenvalue weighted by Gasteiger charge is 2.39. The standard InChI is InChI=1S/C59H38O/c1-59(2)52-29-14-13-23-42(52)49-34-50(58-56(57(49)59)51-32-36-17-3-4-18-37(36)33-53(51)60-58)41-30-31-48(40-22-8-7-21-39(40)41)55-46-26-11-9-24-44(46)54(45-25-10-12-27-47(45)55)43-28-15-19-35-16-5-6-20-38(35)43/h3-34H,1-2H3. The molecule has 1 heteroatoms. The van der Waals surface area contributed by atoms with Gasteiger partial charge in [0.2, 0.25) is 0 Å². The molecule has 12 aromatic rings. The molecule has 11 aromatic carbocycles. The molecule has 0 amide bonds. The molecule has 0 spiro atoms. The second kappa shape index (κ2) is 12.3. The number of hydrogen-bond acceptors (Lipinski definition) is 1. The maximum absolute atomic E-state index is 7.13. The Hall–Kier alpha value is -7.48. The van der Waals surface area contributed by atoms with Gasteiger partial charge in [-0.1, -0.05) is 190 Å². The van der Waals surface area contributed by atoms with Crippen molar-refractivity contribution in [2.24, 2.45) is 0 Å². The van der Waals surface area contributed by atoms with E-state index in [1.165, 1.54) is 115 Å². The van der Waals surface area contributed by atoms with Crippen molar-refractivity contribution in [2.45, 2.75) is 19.3 Å². The highest BCUT2D eigenvalue weighted by Crippen LogP contribution is 2.56. The lowest BCUT2D eigenvalue weighted by Crippen LogP contribution is -2.15. The minimum atomic E-state index is -0.197. The molecule has 1 aliphatic carbocycles. The van der Waals surface area contributed by atoms with Crippen LogP contribution < -0.4 is 0 Å². The molecule has 1 heterocycles. The van der Waals surface area contributed by atoms with Crippen LogP contribution in [0.1, 0.15) is 25.0 Å². The summed E-state index contributed by atoms with van der Waals surface area (Å²) in [5.74, 6) is 0. The summed E-state index contributed by atoms with van der Waals surface area (Å²) in [6, 6.07) is 71.8. The summed E-state index contributed by atoms with van der Waals surface area (Å²) >= 11 is 0. The predicted molar refractivity (Wildman–Crippen MR) is 255 cm³/mol. The summed E-state index contributed by atoms with van der Waals surface area (Å²) in [4.78, 5) is 0. The van der Waals surface area contributed by atoms with Crippen molar-refractivity contribution in [2.75, 3.05) is 0 Å². The van der Waals surface area contributed by atoms with Crippen LogP contribution in [-0.4, -0.2) is 0 Å². The minimum absolute atomic E-state index is 0.197. The van der Waals surface area contributed by atoms with E-state index in [9.17, 15) is 0 Å². The zero-order chi connectivity index (χ0) is 39.7. The van der Waals surface area contributed by atoms with Crippen molar-refractivity contribution >= 4 is 75.8 Å². The molecule has 0 bridgehead atoms. The first kappa shape index (κ1) is 33.5. The van der Waals surface area contributed by atoms with Crippen LogP contribution in [0.15, 0.2) is 199 Å². The van der Waals surface area contributed by atoms with Crippen molar-refractivity contribution in [3.8, 4) is 44.5 Å². The largest absolute Gasteiger partial charge is 0.455 e. The van der Waals surface area contributed by atoms with Crippen molar-refractivity contribution in [1.29, 1.82) is 0 Å². The molecule has 0 N–H and O–H groups in total. The number of fused-ring (bicyclic) bond motifs is 12. The number of hydrogen-bond donors (Lipinski definition) is 0. The lowest BCUT2D eigenvalue weighted by Gasteiger charge is -2.23. The highest BCUT2D eigenvalue weighted by atomic mass is 16.3. The third kappa shape index (κ3) is 4.52. The van der Waals surface area contributed by atoms with Gasteiger partial charge in [0.25, 0.3) is 0 Å². The van der Waals surface area contributed by atoms with Crippen molar-refractivity contribution in [3.63, 3.8) is 0 Å². The summed E-state index contributed by atoms with van der Waals surface area (Å²) in [7, 11) is 0. The van der Waals surface area contributed by atoms with Gasteiger partial charge in [-0.25, -0.2) is 0 Å². The Morgan fingerprint density at radius 2 is 0.817 bits per heavy atom. The SMILES string of the molecule is CC1(C)c2ccccc2-c2cc(-c3ccc(-c4c5ccccc5c(-c5cccc6ccccc56)c5ccccc45)c4ccccc34)c3oc4cc5ccccc5cc4c3c21. The summed E-state index contributed by atoms with van der Waals surface area (Å²) in [5, 5.41) is 14.8. The van der Waals surface area contributed by atoms with Crippen LogP contribution >= 0.6 is 0 Å². The molecule has 0 aliphatic heterocycles. The Morgan fingerprint density at radius 1 is 0.333 bits per heavy atom. The van der Waals surface area contributed by atoms with E-state index in [0.29, 0.717) is 0 Å². The van der Waals surface area contributed by atoms with Crippen LogP contribution in [0.4, 0.5) is 0 Å². The van der Waals surface area contributed by atoms with Crippen LogP contribution in [0.25, 0.3) is 120 Å². The molecule has 0 radical (unpaired) electrons. The molecule has 0 saturated carbocycles. The molecule has 13 rings (SSSR count). The first-order chi connectivity index (χ1) is 29.5. The van der Waals surface area contributed by atoms with Gasteiger partial charge in [0.1, 0.15) is 11.2 Å². The Labute approximate surface area is 347 Å². The number of rotatable bonds is 3. The molecule has 1 aromatic heterocycles. The lowest BCUT2D eigenvalue weighted by atomic mass is 9.79. The molecule has 0 unspecified atom stereocenters. The zero-order valence-electron chi connectivity index (χ0n) is 33.4. The van der Waals surface area contributed by atoms with Gasteiger partial charge < -0.3 is 4.42 Å². The van der Waals surface area contributed by atoms with Gasteiger partial charge in [0.15, 0.2) is 0 Å². The van der Waals surface area contributed by atoms with Crippen LogP contribution in [0.5, 0.6) is 0 Å². The van der Waals surface area contributed by atoms with Crippen molar-refractivity contribution < 1.29 is 4.42 Å². The number of furan rings is 1. The third-order valence-corrected chi connectivity index (χ3v) is 13.6. The Balaban J connectivity index is 1.12. The monoisotopic (exact) mass is 762 g/mol. The van der Waals surface area contributed by atoms with Crippen LogP contribution in [-0.2, 0) is 5.41 Å². The van der Waals surface area contributed by atoms with Crippen LogP contribution in [0.3, 0.4) is 0 Å². The first-order valence-corrected chi connectivity index (χ1v) is 21.0. The quantitative estimate of drug-likeness (QED) is 0.163. The van der Waals surface area contributed by atoms with Gasteiger partial charge in [-0.15, -0.1) is 0 Å². The lowest BCUT2D eigenvalue weighted by molar-refractivity contribution is 0.657. The normalized spacial score (nSPS) is 13.3. The molecule has 0 atom stereocenters. The van der Waals surface area contributed by atoms with Crippen LogP contribution in [0, 0.1) is 0 Å². The van der Waals surface area contributed by atoms with E-state index in [4.69, 9.17) is 4.42 Å². The van der Waals surface area contributed by atoms with E-state index in [1.54, 1.807) is 0 Å². The maximum Gasteiger partial charge on any atom is 0.143 e. The molecule has 1 nitrogen and oxygen atoms in total.